The van der Waals surface area contributed by atoms with Crippen LogP contribution in [0.3, 0.4) is 0 Å². The van der Waals surface area contributed by atoms with E-state index in [1.807, 2.05) is 0 Å². The molecule has 4 heterocycles. The van der Waals surface area contributed by atoms with Crippen LogP contribution in [-0.2, 0) is 0 Å². The summed E-state index contributed by atoms with van der Waals surface area (Å²) in [6.45, 7) is 3.38. The molecule has 20 nitrogen and oxygen atoms in total. The number of anilines is 2. The van der Waals surface area contributed by atoms with Crippen molar-refractivity contribution in [2.75, 3.05) is 75.2 Å². The molecule has 0 radical (unpaired) electrons. The Balaban J connectivity index is 0.699. The highest BCUT2D eigenvalue weighted by atomic mass is 19.2. The van der Waals surface area contributed by atoms with E-state index < -0.39 is 68.8 Å². The van der Waals surface area contributed by atoms with Gasteiger partial charge in [0, 0.05) is 101 Å². The zero-order valence-corrected chi connectivity index (χ0v) is 44.6. The van der Waals surface area contributed by atoms with Gasteiger partial charge in [-0.25, -0.2) is 35.9 Å². The lowest BCUT2D eigenvalue weighted by molar-refractivity contribution is 0.0684. The summed E-state index contributed by atoms with van der Waals surface area (Å²) in [6.07, 6.45) is 12.0. The van der Waals surface area contributed by atoms with Gasteiger partial charge in [-0.2, -0.15) is 9.98 Å². The van der Waals surface area contributed by atoms with Crippen LogP contribution in [0.5, 0.6) is 0 Å². The summed E-state index contributed by atoms with van der Waals surface area (Å²) < 4.78 is 90.9. The highest BCUT2D eigenvalue weighted by Crippen LogP contribution is 2.31. The number of hydrogen-bond donors (Lipinski definition) is 6. The van der Waals surface area contributed by atoms with Crippen LogP contribution in [0.2, 0.25) is 0 Å². The molecule has 8 rings (SSSR count). The fourth-order valence-electron chi connectivity index (χ4n) is 10.0. The second-order valence-corrected chi connectivity index (χ2v) is 19.8. The minimum Gasteiger partial charge on any atom is -0.477 e. The molecule has 0 bridgehead atoms. The van der Waals surface area contributed by atoms with Gasteiger partial charge in [-0.1, -0.05) is 51.4 Å². The van der Waals surface area contributed by atoms with Crippen molar-refractivity contribution in [2.45, 2.75) is 64.2 Å². The zero-order valence-electron chi connectivity index (χ0n) is 44.6. The Kier molecular flexibility index (Phi) is 19.0. The first-order chi connectivity index (χ1) is 39.3. The van der Waals surface area contributed by atoms with Crippen molar-refractivity contribution in [2.24, 2.45) is 42.9 Å². The number of benzene rings is 4. The molecular formula is C56H62F6N14O6. The number of piperazine rings is 2. The van der Waals surface area contributed by atoms with Crippen molar-refractivity contribution in [3.63, 3.8) is 0 Å². The van der Waals surface area contributed by atoms with Gasteiger partial charge < -0.3 is 61.9 Å². The molecule has 82 heavy (non-hydrogen) atoms. The molecule has 4 aromatic carbocycles. The molecular weight excluding hydrogens is 1080 g/mol. The van der Waals surface area contributed by atoms with Crippen molar-refractivity contribution in [1.82, 2.24) is 18.9 Å². The summed E-state index contributed by atoms with van der Waals surface area (Å²) >= 11 is 0. The third kappa shape index (κ3) is 13.9. The first kappa shape index (κ1) is 59.0. The van der Waals surface area contributed by atoms with Crippen molar-refractivity contribution >= 4 is 69.0 Å². The SMILES string of the molecule is NC(=NCCCCCCCCCCCCN=C(N)/N=C(\N)N1CCN(c2cc3c(cc2F)c(=O)c(C(=O)O)cn3-c2ccc(F)cc2F)CC1)/N=C(\N)N1CCN(c2cc3c(cc2F)c(=O)c(C(=O)O)cn3-c2ccc(F)cc2F)CC1. The minimum absolute atomic E-state index is 0.0308. The highest BCUT2D eigenvalue weighted by molar-refractivity contribution is 5.97. The number of carbonyl (C=O) groups is 2. The van der Waals surface area contributed by atoms with E-state index in [1.165, 1.54) is 12.1 Å². The first-order valence-corrected chi connectivity index (χ1v) is 26.7. The number of fused-ring (bicyclic) bond motifs is 2. The van der Waals surface area contributed by atoms with Crippen LogP contribution < -0.4 is 43.6 Å². The van der Waals surface area contributed by atoms with Crippen LogP contribution in [0.15, 0.2) is 103 Å². The van der Waals surface area contributed by atoms with Gasteiger partial charge in [0.25, 0.3) is 0 Å². The fourth-order valence-corrected chi connectivity index (χ4v) is 10.0. The standard InChI is InChI=1S/C56H62F6N14O6/c57-33-11-13-43(39(59)25-33)75-31-37(51(79)80)49(77)35-27-41(61)47(29-45(35)75)71-17-21-73(22-18-71)55(65)69-53(63)67-15-9-7-5-3-1-2-4-6-8-10-16-68-54(64)70-56(66)74-23-19-72(20-24-74)48-30-46-36(28-42(48)62)50(78)38(52(81)82)32-76(46)44-14-12-34(58)26-40(44)60/h11-14,25-32H,1-10,15-24H2,(H,79,80)(H,81,82)(H4,63,65,67,69)(H4,64,66,68,70). The molecule has 2 aliphatic heterocycles. The number of nitrogens with zero attached hydrogens (tertiary/aromatic N) is 10. The summed E-state index contributed by atoms with van der Waals surface area (Å²) in [5.41, 5.74) is 21.2. The summed E-state index contributed by atoms with van der Waals surface area (Å²) in [7, 11) is 0. The normalized spacial score (nSPS) is 14.9. The number of rotatable bonds is 19. The third-order valence-corrected chi connectivity index (χ3v) is 14.4. The van der Waals surface area contributed by atoms with E-state index in [9.17, 15) is 47.0 Å². The number of carboxylic acids is 2. The average molecular weight is 1140 g/mol. The van der Waals surface area contributed by atoms with Gasteiger partial charge in [0.2, 0.25) is 22.8 Å². The number of aliphatic imine (C=N–C) groups is 4. The number of hydrogen-bond acceptors (Lipinski definition) is 8. The van der Waals surface area contributed by atoms with Crippen LogP contribution in [-0.4, -0.2) is 130 Å². The number of nitrogens with two attached hydrogens (primary N) is 4. The lowest BCUT2D eigenvalue weighted by atomic mass is 10.1. The Morgan fingerprint density at radius 2 is 0.780 bits per heavy atom. The summed E-state index contributed by atoms with van der Waals surface area (Å²) in [6, 6.07) is 9.96. The van der Waals surface area contributed by atoms with Crippen LogP contribution in [0.1, 0.15) is 84.9 Å². The lowest BCUT2D eigenvalue weighted by Gasteiger charge is -2.36. The zero-order chi connectivity index (χ0) is 58.8. The summed E-state index contributed by atoms with van der Waals surface area (Å²) in [4.78, 5) is 74.0. The molecule has 2 fully saturated rings. The van der Waals surface area contributed by atoms with Gasteiger partial charge in [0.05, 0.1) is 33.8 Å². The Labute approximate surface area is 466 Å². The fraction of sp³-hybridized carbons (Fsp3) is 0.357. The molecule has 6 aromatic rings. The molecule has 0 amide bonds. The van der Waals surface area contributed by atoms with Crippen molar-refractivity contribution in [1.29, 1.82) is 0 Å². The maximum Gasteiger partial charge on any atom is 0.341 e. The maximum absolute atomic E-state index is 15.6. The smallest absolute Gasteiger partial charge is 0.341 e. The number of carboxylic acid groups (broad SMARTS) is 2. The molecule has 0 spiro atoms. The molecule has 0 atom stereocenters. The predicted molar refractivity (Wildman–Crippen MR) is 303 cm³/mol. The maximum atomic E-state index is 15.6. The molecule has 26 heteroatoms. The van der Waals surface area contributed by atoms with E-state index in [0.717, 1.165) is 122 Å². The molecule has 434 valence electrons. The number of unbranched alkanes of at least 4 members (excludes halogenated alkanes) is 9. The number of halogens is 6. The third-order valence-electron chi connectivity index (χ3n) is 14.4. The number of guanidine groups is 4. The van der Waals surface area contributed by atoms with E-state index in [-0.39, 0.29) is 94.6 Å². The minimum atomic E-state index is -1.59. The summed E-state index contributed by atoms with van der Waals surface area (Å²) in [5.74, 6) is -8.11. The van der Waals surface area contributed by atoms with E-state index >= 15 is 8.78 Å². The second kappa shape index (κ2) is 26.4. The Bertz CT molecular complexity index is 3400. The Morgan fingerprint density at radius 3 is 1.11 bits per heavy atom. The number of aromatic nitrogens is 2. The van der Waals surface area contributed by atoms with Crippen LogP contribution >= 0.6 is 0 Å². The molecule has 2 aromatic heterocycles. The van der Waals surface area contributed by atoms with Crippen molar-refractivity contribution < 1.29 is 46.1 Å². The van der Waals surface area contributed by atoms with Gasteiger partial charge >= 0.3 is 11.9 Å². The van der Waals surface area contributed by atoms with Gasteiger partial charge in [0.1, 0.15) is 46.0 Å². The van der Waals surface area contributed by atoms with Crippen LogP contribution in [0.4, 0.5) is 37.7 Å². The monoisotopic (exact) mass is 1140 g/mol. The molecule has 0 unspecified atom stereocenters. The molecule has 0 aliphatic carbocycles. The molecule has 10 N–H and O–H groups in total. The number of pyridine rings is 2. The second-order valence-electron chi connectivity index (χ2n) is 19.8. The Morgan fingerprint density at radius 1 is 0.451 bits per heavy atom. The molecule has 2 saturated heterocycles. The molecule has 0 saturated carbocycles. The van der Waals surface area contributed by atoms with Crippen molar-refractivity contribution in [3.8, 4) is 11.4 Å². The highest BCUT2D eigenvalue weighted by Gasteiger charge is 2.27. The largest absolute Gasteiger partial charge is 0.477 e. The first-order valence-electron chi connectivity index (χ1n) is 26.7. The van der Waals surface area contributed by atoms with Gasteiger partial charge in [-0.05, 0) is 61.4 Å². The van der Waals surface area contributed by atoms with Gasteiger partial charge in [-0.3, -0.25) is 19.6 Å². The van der Waals surface area contributed by atoms with Gasteiger partial charge in [-0.15, -0.1) is 0 Å². The Hall–Kier alpha value is -9.10. The van der Waals surface area contributed by atoms with Crippen LogP contribution in [0.25, 0.3) is 33.2 Å². The van der Waals surface area contributed by atoms with E-state index in [0.29, 0.717) is 51.4 Å². The van der Waals surface area contributed by atoms with E-state index in [1.54, 1.807) is 19.6 Å². The predicted octanol–water partition coefficient (Wildman–Crippen LogP) is 6.63. The average Bonchev–Trinajstić information content (AvgIpc) is 3.53. The lowest BCUT2D eigenvalue weighted by Crippen LogP contribution is -2.51. The van der Waals surface area contributed by atoms with E-state index in [2.05, 4.69) is 20.0 Å². The number of aromatic carboxylic acids is 2. The quantitative estimate of drug-likeness (QED) is 0.0215. The summed E-state index contributed by atoms with van der Waals surface area (Å²) in [5, 5.41) is 18.7. The van der Waals surface area contributed by atoms with Crippen molar-refractivity contribution in [3.05, 3.63) is 140 Å². The van der Waals surface area contributed by atoms with Crippen LogP contribution in [0, 0.1) is 34.9 Å². The van der Waals surface area contributed by atoms with Gasteiger partial charge in [0.15, 0.2) is 11.9 Å². The molecule has 2 aliphatic rings. The topological polar surface area (TPSA) is 285 Å². The van der Waals surface area contributed by atoms with E-state index in [4.69, 9.17) is 22.9 Å².